The zero-order valence-corrected chi connectivity index (χ0v) is 24.7. The number of nitrogens with zero attached hydrogens (tertiary/aromatic N) is 2. The van der Waals surface area contributed by atoms with Crippen molar-refractivity contribution in [2.75, 3.05) is 24.7 Å². The van der Waals surface area contributed by atoms with E-state index in [9.17, 15) is 19.5 Å². The van der Waals surface area contributed by atoms with Crippen LogP contribution in [0.1, 0.15) is 24.0 Å². The molecule has 41 heavy (non-hydrogen) atoms. The van der Waals surface area contributed by atoms with Crippen molar-refractivity contribution in [2.45, 2.75) is 48.3 Å². The van der Waals surface area contributed by atoms with Crippen molar-refractivity contribution in [2.24, 2.45) is 11.8 Å². The number of esters is 1. The van der Waals surface area contributed by atoms with E-state index in [0.717, 1.165) is 11.1 Å². The Morgan fingerprint density at radius 1 is 1.22 bits per heavy atom. The largest absolute Gasteiger partial charge is 0.461 e. The molecule has 2 unspecified atom stereocenters. The highest BCUT2D eigenvalue weighted by Crippen LogP contribution is 2.67. The summed E-state index contributed by atoms with van der Waals surface area (Å²) in [5.41, 5.74) is 2.31. The second kappa shape index (κ2) is 12.0. The van der Waals surface area contributed by atoms with E-state index in [1.54, 1.807) is 33.7 Å². The first-order chi connectivity index (χ1) is 19.8. The monoisotopic (exact) mass is 594 g/mol. The molecule has 0 aromatic heterocycles. The predicted molar refractivity (Wildman–Crippen MR) is 162 cm³/mol. The van der Waals surface area contributed by atoms with Crippen LogP contribution >= 0.6 is 23.4 Å². The summed E-state index contributed by atoms with van der Waals surface area (Å²) in [5.74, 6) is -2.43. The Balaban J connectivity index is 1.62. The summed E-state index contributed by atoms with van der Waals surface area (Å²) in [5, 5.41) is 11.0. The molecule has 216 valence electrons. The van der Waals surface area contributed by atoms with Gasteiger partial charge in [0.05, 0.1) is 39.9 Å². The van der Waals surface area contributed by atoms with E-state index in [1.165, 1.54) is 6.08 Å². The lowest BCUT2D eigenvalue weighted by atomic mass is 9.71. The molecule has 3 saturated heterocycles. The van der Waals surface area contributed by atoms with Gasteiger partial charge >= 0.3 is 5.97 Å². The maximum absolute atomic E-state index is 14.8. The van der Waals surface area contributed by atoms with Gasteiger partial charge in [-0.05, 0) is 43.4 Å². The number of fused-ring (bicyclic) bond motifs is 1. The molecule has 5 rings (SSSR count). The lowest BCUT2D eigenvalue weighted by Crippen LogP contribution is -2.58. The number of hydrogen-bond acceptors (Lipinski definition) is 6. The molecule has 9 heteroatoms. The van der Waals surface area contributed by atoms with Crippen molar-refractivity contribution < 1.29 is 24.2 Å². The van der Waals surface area contributed by atoms with Gasteiger partial charge in [0.1, 0.15) is 12.6 Å². The third kappa shape index (κ3) is 5.00. The first-order valence-corrected chi connectivity index (χ1v) is 15.1. The number of halogens is 1. The highest BCUT2D eigenvalue weighted by Gasteiger charge is 2.74. The minimum absolute atomic E-state index is 0.0544. The van der Waals surface area contributed by atoms with Crippen LogP contribution in [0.3, 0.4) is 0 Å². The summed E-state index contributed by atoms with van der Waals surface area (Å²) >= 11 is 8.21. The molecule has 1 N–H and O–H groups in total. The Kier molecular flexibility index (Phi) is 8.64. The summed E-state index contributed by atoms with van der Waals surface area (Å²) < 4.78 is 4.63. The summed E-state index contributed by atoms with van der Waals surface area (Å²) in [6.45, 7) is 9.30. The van der Waals surface area contributed by atoms with Gasteiger partial charge in [-0.15, -0.1) is 18.3 Å². The number of rotatable bonds is 11. The van der Waals surface area contributed by atoms with Crippen LogP contribution in [-0.4, -0.2) is 69.6 Å². The second-order valence-electron chi connectivity index (χ2n) is 10.9. The first-order valence-electron chi connectivity index (χ1n) is 13.9. The lowest BCUT2D eigenvalue weighted by Gasteiger charge is -2.40. The number of carbonyl (C=O) groups excluding carboxylic acids is 3. The molecule has 3 fully saturated rings. The van der Waals surface area contributed by atoms with Gasteiger partial charge in [0.15, 0.2) is 0 Å². The summed E-state index contributed by atoms with van der Waals surface area (Å²) in [6, 6.07) is 13.5. The van der Waals surface area contributed by atoms with Crippen molar-refractivity contribution >= 4 is 46.8 Å². The third-order valence-corrected chi connectivity index (χ3v) is 10.8. The lowest BCUT2D eigenvalue weighted by molar-refractivity contribution is -0.153. The van der Waals surface area contributed by atoms with Crippen LogP contribution in [-0.2, 0) is 25.5 Å². The average Bonchev–Trinajstić information content (AvgIpc) is 3.61. The van der Waals surface area contributed by atoms with Gasteiger partial charge in [0, 0.05) is 11.8 Å². The molecule has 0 radical (unpaired) electrons. The smallest absolute Gasteiger partial charge is 0.311 e. The zero-order valence-electron chi connectivity index (χ0n) is 23.1. The number of aliphatic hydroxyl groups is 1. The fourth-order valence-corrected chi connectivity index (χ4v) is 9.45. The number of anilines is 1. The highest BCUT2D eigenvalue weighted by atomic mass is 35.5. The second-order valence-corrected chi connectivity index (χ2v) is 12.9. The molecule has 6 atom stereocenters. The summed E-state index contributed by atoms with van der Waals surface area (Å²) in [4.78, 5) is 45.8. The van der Waals surface area contributed by atoms with Crippen molar-refractivity contribution in [3.8, 4) is 0 Å². The van der Waals surface area contributed by atoms with Crippen LogP contribution in [0.2, 0.25) is 5.02 Å². The Bertz CT molecular complexity index is 1330. The molecule has 2 aromatic carbocycles. The van der Waals surface area contributed by atoms with E-state index < -0.39 is 34.6 Å². The van der Waals surface area contributed by atoms with Crippen LogP contribution in [0.5, 0.6) is 0 Å². The molecule has 3 heterocycles. The number of amides is 2. The van der Waals surface area contributed by atoms with Gasteiger partial charge in [0.2, 0.25) is 5.91 Å². The maximum Gasteiger partial charge on any atom is 0.311 e. The molecule has 3 aliphatic heterocycles. The number of thioether (sulfide) groups is 1. The van der Waals surface area contributed by atoms with E-state index in [1.807, 2.05) is 49.4 Å². The van der Waals surface area contributed by atoms with Crippen LogP contribution < -0.4 is 4.90 Å². The molecule has 2 bridgehead atoms. The van der Waals surface area contributed by atoms with E-state index in [4.69, 9.17) is 16.3 Å². The topological polar surface area (TPSA) is 87.2 Å². The van der Waals surface area contributed by atoms with Crippen molar-refractivity contribution in [3.63, 3.8) is 0 Å². The number of para-hydroxylation sites is 1. The standard InChI is InChI=1S/C32H35ClN2O5S/c1-4-16-34(27-20(3)10-9-13-23(27)33)30(38)28-32-15-14-24(41-32)25(31(39)40-17-5-2)26(32)29(37)35(28)22(19-36)18-21-11-7-6-8-12-21/h4-13,22,24-26,28,36H,1-2,14-19H2,3H3/t22-,24+,25-,26+,28?,32?/m1/s1. The number of aryl methyl sites for hydroxylation is 1. The van der Waals surface area contributed by atoms with Crippen molar-refractivity contribution in [1.29, 1.82) is 0 Å². The van der Waals surface area contributed by atoms with Gasteiger partial charge in [0.25, 0.3) is 5.91 Å². The molecule has 2 amide bonds. The zero-order chi connectivity index (χ0) is 29.3. The van der Waals surface area contributed by atoms with E-state index >= 15 is 0 Å². The Hall–Kier alpha value is -3.07. The number of benzene rings is 2. The fourth-order valence-electron chi connectivity index (χ4n) is 6.94. The number of ether oxygens (including phenoxy) is 1. The normalized spacial score (nSPS) is 26.9. The minimum atomic E-state index is -0.913. The van der Waals surface area contributed by atoms with Gasteiger partial charge in [-0.1, -0.05) is 72.8 Å². The average molecular weight is 595 g/mol. The molecular formula is C32H35ClN2O5S. The van der Waals surface area contributed by atoms with Crippen molar-refractivity contribution in [1.82, 2.24) is 4.90 Å². The Morgan fingerprint density at radius 2 is 1.98 bits per heavy atom. The van der Waals surface area contributed by atoms with Gasteiger partial charge in [-0.3, -0.25) is 14.4 Å². The van der Waals surface area contributed by atoms with Crippen molar-refractivity contribution in [3.05, 3.63) is 90.0 Å². The van der Waals surface area contributed by atoms with Crippen LogP contribution in [0.25, 0.3) is 0 Å². The molecule has 2 aromatic rings. The Morgan fingerprint density at radius 3 is 2.63 bits per heavy atom. The molecule has 3 aliphatic rings. The summed E-state index contributed by atoms with van der Waals surface area (Å²) in [7, 11) is 0. The molecule has 1 spiro atoms. The Labute approximate surface area is 250 Å². The summed E-state index contributed by atoms with van der Waals surface area (Å²) in [6.07, 6.45) is 4.80. The van der Waals surface area contributed by atoms with Crippen LogP contribution in [0.4, 0.5) is 5.69 Å². The van der Waals surface area contributed by atoms with Crippen LogP contribution in [0.15, 0.2) is 73.8 Å². The first kappa shape index (κ1) is 29.4. The number of hydrogen-bond donors (Lipinski definition) is 1. The molecule has 7 nitrogen and oxygen atoms in total. The third-order valence-electron chi connectivity index (χ3n) is 8.54. The number of aliphatic hydroxyl groups excluding tert-OH is 1. The predicted octanol–water partition coefficient (Wildman–Crippen LogP) is 4.59. The SMILES string of the molecule is C=CCOC(=O)[C@@H]1[C@@H]2CCC3(S2)C(C(=O)N(CC=C)c2c(C)cccc2Cl)N([C@@H](CO)Cc2ccccc2)C(=O)[C@H]13. The minimum Gasteiger partial charge on any atom is -0.461 e. The number of carbonyl (C=O) groups is 3. The van der Waals surface area contributed by atoms with Gasteiger partial charge in [-0.2, -0.15) is 0 Å². The highest BCUT2D eigenvalue weighted by molar-refractivity contribution is 8.02. The maximum atomic E-state index is 14.8. The number of likely N-dealkylation sites (tertiary alicyclic amines) is 1. The van der Waals surface area contributed by atoms with E-state index in [0.29, 0.717) is 30.0 Å². The fraction of sp³-hybridized carbons (Fsp3) is 0.406. The molecule has 0 aliphatic carbocycles. The molecular weight excluding hydrogens is 560 g/mol. The quantitative estimate of drug-likeness (QED) is 0.302. The van der Waals surface area contributed by atoms with Gasteiger partial charge in [-0.25, -0.2) is 0 Å². The van der Waals surface area contributed by atoms with E-state index in [2.05, 4.69) is 13.2 Å². The molecule has 0 saturated carbocycles. The van der Waals surface area contributed by atoms with Gasteiger partial charge < -0.3 is 19.6 Å². The van der Waals surface area contributed by atoms with E-state index in [-0.39, 0.29) is 36.8 Å². The van der Waals surface area contributed by atoms with Crippen LogP contribution in [0, 0.1) is 18.8 Å².